The van der Waals surface area contributed by atoms with Crippen molar-refractivity contribution in [1.29, 1.82) is 0 Å². The van der Waals surface area contributed by atoms with Gasteiger partial charge in [0.25, 0.3) is 15.9 Å². The van der Waals surface area contributed by atoms with Crippen LogP contribution >= 0.6 is 11.6 Å². The smallest absolute Gasteiger partial charge is 0.271 e. The second kappa shape index (κ2) is 12.0. The van der Waals surface area contributed by atoms with Gasteiger partial charge in [-0.3, -0.25) is 14.6 Å². The first-order valence-corrected chi connectivity index (χ1v) is 17.2. The molecule has 46 heavy (non-hydrogen) atoms. The monoisotopic (exact) mass is 662 g/mol. The molecule has 240 valence electrons. The molecular formula is C34H35ClN4O6S. The summed E-state index contributed by atoms with van der Waals surface area (Å²) in [4.78, 5) is 24.3. The van der Waals surface area contributed by atoms with Gasteiger partial charge in [0.05, 0.1) is 37.0 Å². The van der Waals surface area contributed by atoms with Crippen LogP contribution in [0.15, 0.2) is 82.4 Å². The number of rotatable bonds is 9. The molecule has 3 aliphatic rings. The van der Waals surface area contributed by atoms with Crippen LogP contribution in [0.25, 0.3) is 0 Å². The zero-order valence-corrected chi connectivity index (χ0v) is 27.3. The van der Waals surface area contributed by atoms with Crippen LogP contribution in [0, 0.1) is 0 Å². The summed E-state index contributed by atoms with van der Waals surface area (Å²) in [5, 5.41) is 0.374. The fourth-order valence-corrected chi connectivity index (χ4v) is 9.00. The van der Waals surface area contributed by atoms with Gasteiger partial charge in [0.1, 0.15) is 17.8 Å². The maximum atomic E-state index is 15.5. The number of ether oxygens (including phenoxy) is 2. The lowest BCUT2D eigenvalue weighted by atomic mass is 9.80. The molecule has 0 bridgehead atoms. The minimum atomic E-state index is -4.40. The van der Waals surface area contributed by atoms with Crippen LogP contribution in [0.4, 0.5) is 5.69 Å². The maximum absolute atomic E-state index is 15.5. The molecule has 2 saturated heterocycles. The molecule has 4 aromatic rings. The average molecular weight is 663 g/mol. The Hall–Kier alpha value is -3.90. The Morgan fingerprint density at radius 3 is 2.46 bits per heavy atom. The Labute approximate surface area is 273 Å². The molecular weight excluding hydrogens is 628 g/mol. The number of likely N-dealkylation sites (tertiary alicyclic amines) is 2. The van der Waals surface area contributed by atoms with Crippen LogP contribution in [0.1, 0.15) is 54.3 Å². The summed E-state index contributed by atoms with van der Waals surface area (Å²) in [6, 6.07) is 16.3. The van der Waals surface area contributed by atoms with Crippen molar-refractivity contribution in [1.82, 2.24) is 14.8 Å². The molecule has 3 aliphatic heterocycles. The van der Waals surface area contributed by atoms with Gasteiger partial charge in [-0.25, -0.2) is 17.7 Å². The number of carbonyl (C=O) groups excluding carboxylic acids is 1. The van der Waals surface area contributed by atoms with Crippen LogP contribution in [0.5, 0.6) is 11.5 Å². The number of methoxy groups -OCH3 is 2. The van der Waals surface area contributed by atoms with E-state index in [1.807, 2.05) is 23.1 Å². The van der Waals surface area contributed by atoms with E-state index in [4.69, 9.17) is 25.5 Å². The van der Waals surface area contributed by atoms with Crippen LogP contribution < -0.4 is 13.8 Å². The number of nitrogens with zero attached hydrogens (tertiary/aromatic N) is 4. The fraction of sp³-hybridized carbons (Fsp3) is 0.353. The summed E-state index contributed by atoms with van der Waals surface area (Å²) in [7, 11) is -1.29. The molecule has 1 amide bonds. The molecule has 10 nitrogen and oxygen atoms in total. The van der Waals surface area contributed by atoms with Crippen LogP contribution in [-0.4, -0.2) is 63.0 Å². The van der Waals surface area contributed by atoms with Crippen molar-refractivity contribution in [3.8, 4) is 11.5 Å². The number of fused-ring (bicyclic) bond motifs is 1. The molecule has 0 radical (unpaired) electrons. The third-order valence-electron chi connectivity index (χ3n) is 9.36. The Balaban J connectivity index is 1.50. The Morgan fingerprint density at radius 2 is 1.76 bits per heavy atom. The lowest BCUT2D eigenvalue weighted by Crippen LogP contribution is -2.54. The van der Waals surface area contributed by atoms with E-state index in [9.17, 15) is 8.42 Å². The number of amides is 1. The standard InChI is InChI=1S/C34H35ClN4O6S/c1-43-25-11-13-26(14-12-25)46(41,42)39-29-15-10-24(35)21-28(29)34(33(39)40,38-19-6-9-30(38)32-36-16-20-45-32)27-8-5-7-23(31(27)44-2)22-37-17-3-4-18-37/h5,7-8,10-16,20-21,30H,3-4,6,9,17-19,22H2,1-2H3. The number of carbonyl (C=O) groups is 1. The predicted octanol–water partition coefficient (Wildman–Crippen LogP) is 5.76. The zero-order chi connectivity index (χ0) is 32.1. The lowest BCUT2D eigenvalue weighted by molar-refractivity contribution is -0.127. The second-order valence-corrected chi connectivity index (χ2v) is 14.0. The molecule has 1 aromatic heterocycles. The van der Waals surface area contributed by atoms with E-state index in [1.54, 1.807) is 43.6 Å². The quantitative estimate of drug-likeness (QED) is 0.221. The van der Waals surface area contributed by atoms with Crippen molar-refractivity contribution in [3.05, 3.63) is 101 Å². The van der Waals surface area contributed by atoms with Crippen molar-refractivity contribution < 1.29 is 27.1 Å². The number of sulfonamides is 1. The highest BCUT2D eigenvalue weighted by Gasteiger charge is 2.63. The summed E-state index contributed by atoms with van der Waals surface area (Å²) >= 11 is 6.68. The zero-order valence-electron chi connectivity index (χ0n) is 25.7. The van der Waals surface area contributed by atoms with E-state index in [-0.39, 0.29) is 10.6 Å². The number of hydrogen-bond donors (Lipinski definition) is 0. The summed E-state index contributed by atoms with van der Waals surface area (Å²) in [6.45, 7) is 3.06. The third-order valence-corrected chi connectivity index (χ3v) is 11.3. The van der Waals surface area contributed by atoms with E-state index in [0.717, 1.165) is 42.2 Å². The van der Waals surface area contributed by atoms with Crippen molar-refractivity contribution in [2.45, 2.75) is 48.7 Å². The average Bonchev–Trinajstić information content (AvgIpc) is 3.88. The van der Waals surface area contributed by atoms with Gasteiger partial charge >= 0.3 is 0 Å². The SMILES string of the molecule is COc1ccc(S(=O)(=O)N2C(=O)C(c3cccc(CN4CCCC4)c3OC)(N3CCCC3c3ncco3)c3cc(Cl)ccc32)cc1. The number of hydrogen-bond acceptors (Lipinski definition) is 9. The van der Waals surface area contributed by atoms with Crippen molar-refractivity contribution in [3.63, 3.8) is 0 Å². The van der Waals surface area contributed by atoms with E-state index >= 15 is 4.79 Å². The summed E-state index contributed by atoms with van der Waals surface area (Å²) in [5.41, 5.74) is 0.515. The molecule has 12 heteroatoms. The molecule has 0 N–H and O–H groups in total. The topological polar surface area (TPSA) is 105 Å². The number of para-hydroxylation sites is 1. The van der Waals surface area contributed by atoms with Crippen LogP contribution in [0.3, 0.4) is 0 Å². The first kappa shape index (κ1) is 30.7. The van der Waals surface area contributed by atoms with Gasteiger partial charge in [-0.1, -0.05) is 29.8 Å². The van der Waals surface area contributed by atoms with E-state index < -0.39 is 27.5 Å². The highest BCUT2D eigenvalue weighted by Crippen LogP contribution is 2.57. The third kappa shape index (κ3) is 4.79. The Kier molecular flexibility index (Phi) is 8.04. The molecule has 2 unspecified atom stereocenters. The molecule has 3 aromatic carbocycles. The molecule has 0 saturated carbocycles. The normalized spacial score (nSPS) is 22.0. The van der Waals surface area contributed by atoms with Gasteiger partial charge in [0.15, 0.2) is 5.54 Å². The van der Waals surface area contributed by atoms with Gasteiger partial charge in [-0.05, 0) is 81.2 Å². The van der Waals surface area contributed by atoms with E-state index in [0.29, 0.717) is 53.0 Å². The van der Waals surface area contributed by atoms with Crippen molar-refractivity contribution >= 4 is 33.2 Å². The lowest BCUT2D eigenvalue weighted by Gasteiger charge is -2.41. The van der Waals surface area contributed by atoms with Crippen LogP contribution in [0.2, 0.25) is 5.02 Å². The number of aromatic nitrogens is 1. The fourth-order valence-electron chi connectivity index (χ4n) is 7.37. The van der Waals surface area contributed by atoms with Crippen molar-refractivity contribution in [2.24, 2.45) is 0 Å². The number of anilines is 1. The second-order valence-electron chi connectivity index (χ2n) is 11.8. The molecule has 4 heterocycles. The van der Waals surface area contributed by atoms with E-state index in [1.165, 1.54) is 25.5 Å². The van der Waals surface area contributed by atoms with Gasteiger partial charge < -0.3 is 13.9 Å². The number of benzene rings is 3. The summed E-state index contributed by atoms with van der Waals surface area (Å²) < 4.78 is 47.2. The first-order chi connectivity index (χ1) is 22.3. The molecule has 0 aliphatic carbocycles. The van der Waals surface area contributed by atoms with Gasteiger partial charge in [0.2, 0.25) is 5.89 Å². The molecule has 0 spiro atoms. The predicted molar refractivity (Wildman–Crippen MR) is 173 cm³/mol. The number of oxazole rings is 1. The highest BCUT2D eigenvalue weighted by molar-refractivity contribution is 7.93. The van der Waals surface area contributed by atoms with E-state index in [2.05, 4.69) is 9.88 Å². The summed E-state index contributed by atoms with van der Waals surface area (Å²) in [6.07, 6.45) is 6.74. The Morgan fingerprint density at radius 1 is 0.978 bits per heavy atom. The van der Waals surface area contributed by atoms with Gasteiger partial charge in [0, 0.05) is 34.8 Å². The Bertz CT molecular complexity index is 1860. The van der Waals surface area contributed by atoms with Gasteiger partial charge in [-0.2, -0.15) is 0 Å². The largest absolute Gasteiger partial charge is 0.497 e. The first-order valence-electron chi connectivity index (χ1n) is 15.4. The number of halogens is 1. The minimum absolute atomic E-state index is 0.0428. The molecule has 7 rings (SSSR count). The van der Waals surface area contributed by atoms with Crippen LogP contribution in [-0.2, 0) is 26.9 Å². The van der Waals surface area contributed by atoms with Gasteiger partial charge in [-0.15, -0.1) is 0 Å². The van der Waals surface area contributed by atoms with Crippen molar-refractivity contribution in [2.75, 3.05) is 38.2 Å². The maximum Gasteiger partial charge on any atom is 0.271 e. The molecule has 2 atom stereocenters. The summed E-state index contributed by atoms with van der Waals surface area (Å²) in [5.74, 6) is 0.849. The minimum Gasteiger partial charge on any atom is -0.497 e. The highest BCUT2D eigenvalue weighted by atomic mass is 35.5. The molecule has 2 fully saturated rings.